The normalized spacial score (nSPS) is 19.7. The zero-order chi connectivity index (χ0) is 31.5. The Bertz CT molecular complexity index is 1500. The third kappa shape index (κ3) is 8.23. The Labute approximate surface area is 272 Å². The molecule has 0 aromatic heterocycles. The Hall–Kier alpha value is -3.89. The van der Waals surface area contributed by atoms with E-state index < -0.39 is 11.6 Å². The minimum absolute atomic E-state index is 0.0613. The number of amides is 1. The van der Waals surface area contributed by atoms with Crippen LogP contribution in [0.15, 0.2) is 87.4 Å². The van der Waals surface area contributed by atoms with Crippen LogP contribution >= 0.6 is 15.9 Å². The van der Waals surface area contributed by atoms with Crippen LogP contribution in [0.5, 0.6) is 5.75 Å². The highest BCUT2D eigenvalue weighted by Gasteiger charge is 2.53. The maximum atomic E-state index is 14.5. The van der Waals surface area contributed by atoms with Crippen LogP contribution in [0.2, 0.25) is 0 Å². The fraction of sp³-hybridized carbons (Fsp3) is 0.412. The van der Waals surface area contributed by atoms with Gasteiger partial charge in [-0.1, -0.05) is 76.7 Å². The second-order valence-electron chi connectivity index (χ2n) is 11.5. The van der Waals surface area contributed by atoms with Crippen molar-refractivity contribution in [2.45, 2.75) is 63.1 Å². The van der Waals surface area contributed by atoms with E-state index in [0.29, 0.717) is 42.7 Å². The number of nitrogens with one attached hydrogen (secondary N) is 2. The molecule has 45 heavy (non-hydrogen) atoms. The van der Waals surface area contributed by atoms with E-state index in [1.807, 2.05) is 72.8 Å². The summed E-state index contributed by atoms with van der Waals surface area (Å²) in [6, 6.07) is 22.7. The molecule has 11 heteroatoms. The molecule has 0 bridgehead atoms. The molecule has 2 atom stereocenters. The monoisotopic (exact) mass is 674 g/mol. The molecule has 0 unspecified atom stereocenters. The Morgan fingerprint density at radius 3 is 2.51 bits per heavy atom. The van der Waals surface area contributed by atoms with Gasteiger partial charge in [0, 0.05) is 40.9 Å². The number of carbonyl (C=O) groups excluding carboxylic acids is 1. The number of nitrogens with zero attached hydrogens (tertiary/aromatic N) is 4. The van der Waals surface area contributed by atoms with Crippen LogP contribution < -0.4 is 15.6 Å². The largest absolute Gasteiger partial charge is 0.494 e. The minimum atomic E-state index is -1.38. The van der Waals surface area contributed by atoms with Crippen LogP contribution in [0.3, 0.4) is 0 Å². The van der Waals surface area contributed by atoms with E-state index in [2.05, 4.69) is 36.8 Å². The number of aliphatic hydroxyl groups is 1. The number of hydrazine groups is 1. The lowest BCUT2D eigenvalue weighted by molar-refractivity contribution is -0.130. The summed E-state index contributed by atoms with van der Waals surface area (Å²) in [6.07, 6.45) is 6.00. The van der Waals surface area contributed by atoms with Crippen LogP contribution in [-0.4, -0.2) is 42.2 Å². The maximum absolute atomic E-state index is 14.5. The number of carbonyl (C=O) groups is 1. The molecule has 3 aromatic carbocycles. The summed E-state index contributed by atoms with van der Waals surface area (Å²) in [4.78, 5) is 22.5. The molecule has 3 N–H and O–H groups in total. The standard InChI is InChI=1S/C34H39BrN6O4/c35-29-15-11-25(12-16-29)31-34(21-27-9-4-5-10-28(27)23-38-41-36,33(43)40-37-22-24-7-2-1-3-8-24)39-32(45-31)26-13-17-30(18-14-26)44-20-6-19-42/h4-5,9-18,24,31,37,42H,1-3,6-8,19-23H2,(H,40,43)/t31-,34-/m0/s1. The molecular weight excluding hydrogens is 636 g/mol. The van der Waals surface area contributed by atoms with Gasteiger partial charge in [-0.15, -0.1) is 0 Å². The molecule has 236 valence electrons. The number of halogens is 1. The lowest BCUT2D eigenvalue weighted by atomic mass is 9.81. The van der Waals surface area contributed by atoms with Gasteiger partial charge in [-0.25, -0.2) is 10.4 Å². The molecule has 1 aliphatic heterocycles. The van der Waals surface area contributed by atoms with Gasteiger partial charge in [0.2, 0.25) is 5.90 Å². The maximum Gasteiger partial charge on any atom is 0.266 e. The van der Waals surface area contributed by atoms with E-state index in [9.17, 15) is 4.79 Å². The van der Waals surface area contributed by atoms with Gasteiger partial charge in [0.1, 0.15) is 5.75 Å². The third-order valence-electron chi connectivity index (χ3n) is 8.40. The van der Waals surface area contributed by atoms with Crippen molar-refractivity contribution < 1.29 is 19.4 Å². The molecule has 1 fully saturated rings. The second-order valence-corrected chi connectivity index (χ2v) is 12.4. The Morgan fingerprint density at radius 2 is 1.80 bits per heavy atom. The summed E-state index contributed by atoms with van der Waals surface area (Å²) < 4.78 is 13.2. The Balaban J connectivity index is 1.53. The van der Waals surface area contributed by atoms with E-state index in [0.717, 1.165) is 34.0 Å². The average molecular weight is 676 g/mol. The Morgan fingerprint density at radius 1 is 1.07 bits per heavy atom. The molecule has 2 aliphatic rings. The van der Waals surface area contributed by atoms with Crippen molar-refractivity contribution in [1.82, 2.24) is 10.9 Å². The van der Waals surface area contributed by atoms with Crippen molar-refractivity contribution in [1.29, 1.82) is 0 Å². The molecule has 1 saturated carbocycles. The number of azide groups is 1. The van der Waals surface area contributed by atoms with Gasteiger partial charge >= 0.3 is 0 Å². The molecule has 1 amide bonds. The smallest absolute Gasteiger partial charge is 0.266 e. The van der Waals surface area contributed by atoms with Crippen LogP contribution in [0.25, 0.3) is 10.4 Å². The number of aliphatic imine (C=N–C) groups is 1. The average Bonchev–Trinajstić information content (AvgIpc) is 3.46. The van der Waals surface area contributed by atoms with Crippen LogP contribution in [0.4, 0.5) is 0 Å². The summed E-state index contributed by atoms with van der Waals surface area (Å²) in [5.41, 5.74) is 17.0. The van der Waals surface area contributed by atoms with E-state index in [-0.39, 0.29) is 25.5 Å². The highest BCUT2D eigenvalue weighted by atomic mass is 79.9. The van der Waals surface area contributed by atoms with Crippen molar-refractivity contribution in [3.63, 3.8) is 0 Å². The number of hydrogen-bond acceptors (Lipinski definition) is 7. The van der Waals surface area contributed by atoms with Gasteiger partial charge in [-0.05, 0) is 77.4 Å². The predicted molar refractivity (Wildman–Crippen MR) is 177 cm³/mol. The van der Waals surface area contributed by atoms with E-state index in [1.54, 1.807) is 0 Å². The van der Waals surface area contributed by atoms with Crippen LogP contribution in [0.1, 0.15) is 66.9 Å². The lowest BCUT2D eigenvalue weighted by Crippen LogP contribution is -2.54. The first-order chi connectivity index (χ1) is 22.0. The molecule has 0 radical (unpaired) electrons. The third-order valence-corrected chi connectivity index (χ3v) is 8.93. The first kappa shape index (κ1) is 32.5. The topological polar surface area (TPSA) is 141 Å². The Kier molecular flexibility index (Phi) is 11.5. The van der Waals surface area contributed by atoms with Crippen molar-refractivity contribution in [3.05, 3.63) is 110 Å². The summed E-state index contributed by atoms with van der Waals surface area (Å²) >= 11 is 3.52. The number of aliphatic hydroxyl groups excluding tert-OH is 1. The summed E-state index contributed by atoms with van der Waals surface area (Å²) in [5, 5.41) is 12.9. The van der Waals surface area contributed by atoms with E-state index in [1.165, 1.54) is 19.3 Å². The number of benzene rings is 3. The number of ether oxygens (including phenoxy) is 2. The second kappa shape index (κ2) is 15.9. The summed E-state index contributed by atoms with van der Waals surface area (Å²) in [7, 11) is 0. The van der Waals surface area contributed by atoms with Crippen molar-refractivity contribution in [3.8, 4) is 5.75 Å². The van der Waals surface area contributed by atoms with Crippen LogP contribution in [-0.2, 0) is 22.5 Å². The lowest BCUT2D eigenvalue weighted by Gasteiger charge is -2.32. The van der Waals surface area contributed by atoms with E-state index >= 15 is 0 Å². The van der Waals surface area contributed by atoms with Crippen molar-refractivity contribution in [2.24, 2.45) is 16.0 Å². The first-order valence-corrected chi connectivity index (χ1v) is 16.3. The molecule has 1 heterocycles. The molecule has 10 nitrogen and oxygen atoms in total. The zero-order valence-electron chi connectivity index (χ0n) is 25.2. The summed E-state index contributed by atoms with van der Waals surface area (Å²) in [5.74, 6) is 1.22. The first-order valence-electron chi connectivity index (χ1n) is 15.5. The van der Waals surface area contributed by atoms with Gasteiger partial charge < -0.3 is 14.6 Å². The van der Waals surface area contributed by atoms with Gasteiger partial charge in [-0.3, -0.25) is 10.2 Å². The number of hydrogen-bond donors (Lipinski definition) is 3. The van der Waals surface area contributed by atoms with Crippen molar-refractivity contribution in [2.75, 3.05) is 19.8 Å². The molecule has 0 spiro atoms. The van der Waals surface area contributed by atoms with Crippen LogP contribution in [0, 0.1) is 5.92 Å². The molecule has 1 aliphatic carbocycles. The fourth-order valence-corrected chi connectivity index (χ4v) is 6.24. The highest BCUT2D eigenvalue weighted by Crippen LogP contribution is 2.43. The van der Waals surface area contributed by atoms with Gasteiger partial charge in [-0.2, -0.15) is 0 Å². The quantitative estimate of drug-likeness (QED) is 0.0572. The van der Waals surface area contributed by atoms with Crippen molar-refractivity contribution >= 4 is 27.7 Å². The molecular formula is C34H39BrN6O4. The summed E-state index contributed by atoms with van der Waals surface area (Å²) in [6.45, 7) is 1.31. The van der Waals surface area contributed by atoms with E-state index in [4.69, 9.17) is 25.1 Å². The molecule has 3 aromatic rings. The SMILES string of the molecule is [N-]=[N+]=NCc1ccccc1C[C@]1(C(=O)NNCC2CCCCC2)N=C(c2ccc(OCCCO)cc2)O[C@H]1c1ccc(Br)cc1. The minimum Gasteiger partial charge on any atom is -0.494 e. The van der Waals surface area contributed by atoms with Gasteiger partial charge in [0.15, 0.2) is 11.6 Å². The van der Waals surface area contributed by atoms with Gasteiger partial charge in [0.05, 0.1) is 13.2 Å². The fourth-order valence-electron chi connectivity index (χ4n) is 5.98. The molecule has 0 saturated heterocycles. The predicted octanol–water partition coefficient (Wildman–Crippen LogP) is 6.72. The molecule has 5 rings (SSSR count). The highest BCUT2D eigenvalue weighted by molar-refractivity contribution is 9.10. The number of rotatable bonds is 14. The zero-order valence-corrected chi connectivity index (χ0v) is 26.8. The van der Waals surface area contributed by atoms with Gasteiger partial charge in [0.25, 0.3) is 5.91 Å².